The van der Waals surface area contributed by atoms with E-state index in [-0.39, 0.29) is 10.8 Å². The van der Waals surface area contributed by atoms with E-state index in [1.54, 1.807) is 0 Å². The lowest BCUT2D eigenvalue weighted by atomic mass is 10.0. The van der Waals surface area contributed by atoms with Crippen LogP contribution in [-0.2, 0) is 0 Å². The molecule has 1 heterocycles. The Hall–Kier alpha value is -1.63. The maximum atomic E-state index is 9.26. The second-order valence-corrected chi connectivity index (χ2v) is 6.27. The van der Waals surface area contributed by atoms with Crippen LogP contribution in [0.2, 0.25) is 0 Å². The zero-order valence-corrected chi connectivity index (χ0v) is 11.9. The number of nitrogens with zero attached hydrogens (tertiary/aromatic N) is 3. The Morgan fingerprint density at radius 3 is 2.11 bits per heavy atom. The lowest BCUT2D eigenvalue weighted by Gasteiger charge is -2.10. The van der Waals surface area contributed by atoms with Crippen molar-refractivity contribution in [2.75, 3.05) is 5.32 Å². The van der Waals surface area contributed by atoms with Gasteiger partial charge in [-0.1, -0.05) is 27.7 Å². The van der Waals surface area contributed by atoms with E-state index in [2.05, 4.69) is 49.3 Å². The predicted octanol–water partition coefficient (Wildman–Crippen LogP) is 2.81. The highest BCUT2D eigenvalue weighted by molar-refractivity contribution is 5.57. The lowest BCUT2D eigenvalue weighted by Crippen LogP contribution is -2.14. The van der Waals surface area contributed by atoms with Gasteiger partial charge in [-0.25, -0.2) is 0 Å². The van der Waals surface area contributed by atoms with E-state index in [4.69, 9.17) is 0 Å². The normalized spacial score (nSPS) is 20.3. The molecule has 0 atom stereocenters. The molecule has 1 saturated carbocycles. The summed E-state index contributed by atoms with van der Waals surface area (Å²) in [6, 6.07) is 2.55. The van der Waals surface area contributed by atoms with Crippen molar-refractivity contribution in [3.05, 3.63) is 16.8 Å². The van der Waals surface area contributed by atoms with Crippen LogP contribution in [0.1, 0.15) is 44.5 Å². The van der Waals surface area contributed by atoms with Gasteiger partial charge >= 0.3 is 0 Å². The van der Waals surface area contributed by atoms with Gasteiger partial charge in [-0.2, -0.15) is 10.4 Å². The lowest BCUT2D eigenvalue weighted by molar-refractivity contribution is 0.457. The molecular weight excluding hydrogens is 224 g/mol. The van der Waals surface area contributed by atoms with Gasteiger partial charge in [0.25, 0.3) is 0 Å². The van der Waals surface area contributed by atoms with E-state index in [1.165, 1.54) is 0 Å². The van der Waals surface area contributed by atoms with Crippen molar-refractivity contribution < 1.29 is 0 Å². The van der Waals surface area contributed by atoms with E-state index in [0.29, 0.717) is 17.4 Å². The minimum absolute atomic E-state index is 0.209. The second kappa shape index (κ2) is 3.68. The molecule has 1 fully saturated rings. The summed E-state index contributed by atoms with van der Waals surface area (Å²) in [5.41, 5.74) is 2.75. The van der Waals surface area contributed by atoms with Crippen molar-refractivity contribution in [3.8, 4) is 6.07 Å². The summed E-state index contributed by atoms with van der Waals surface area (Å²) in [5, 5.41) is 20.9. The Labute approximate surface area is 108 Å². The van der Waals surface area contributed by atoms with E-state index >= 15 is 0 Å². The first kappa shape index (κ1) is 12.8. The maximum absolute atomic E-state index is 9.26. The van der Waals surface area contributed by atoms with E-state index in [0.717, 1.165) is 11.3 Å². The third-order valence-electron chi connectivity index (χ3n) is 4.87. The van der Waals surface area contributed by atoms with Crippen LogP contribution in [0.5, 0.6) is 0 Å². The molecule has 0 unspecified atom stereocenters. The predicted molar refractivity (Wildman–Crippen MR) is 71.2 cm³/mol. The summed E-state index contributed by atoms with van der Waals surface area (Å²) in [7, 11) is 0. The second-order valence-electron chi connectivity index (χ2n) is 6.27. The highest BCUT2D eigenvalue weighted by Gasteiger charge is 2.65. The van der Waals surface area contributed by atoms with Crippen LogP contribution in [0.15, 0.2) is 0 Å². The quantitative estimate of drug-likeness (QED) is 0.869. The smallest absolute Gasteiger partial charge is 0.167 e. The van der Waals surface area contributed by atoms with Crippen molar-refractivity contribution in [2.24, 2.45) is 10.8 Å². The summed E-state index contributed by atoms with van der Waals surface area (Å²) in [5.74, 6) is 0.615. The van der Waals surface area contributed by atoms with Crippen LogP contribution in [0.4, 0.5) is 5.82 Å². The van der Waals surface area contributed by atoms with E-state index in [1.807, 2.05) is 13.8 Å². The molecule has 1 aromatic rings. The van der Waals surface area contributed by atoms with Crippen molar-refractivity contribution in [1.29, 1.82) is 5.26 Å². The minimum atomic E-state index is 0.209. The molecule has 4 nitrogen and oxygen atoms in total. The van der Waals surface area contributed by atoms with Crippen LogP contribution in [-0.4, -0.2) is 16.2 Å². The summed E-state index contributed by atoms with van der Waals surface area (Å²) in [4.78, 5) is 0. The Bertz CT molecular complexity index is 523. The van der Waals surface area contributed by atoms with Crippen LogP contribution in [0.25, 0.3) is 0 Å². The summed E-state index contributed by atoms with van der Waals surface area (Å²) in [6.07, 6.45) is 0. The summed E-state index contributed by atoms with van der Waals surface area (Å²) < 4.78 is 0. The van der Waals surface area contributed by atoms with Gasteiger partial charge in [-0.3, -0.25) is 0 Å². The maximum Gasteiger partial charge on any atom is 0.167 e. The van der Waals surface area contributed by atoms with Crippen LogP contribution < -0.4 is 5.32 Å². The first-order valence-electron chi connectivity index (χ1n) is 6.24. The minimum Gasteiger partial charge on any atom is -0.364 e. The Morgan fingerprint density at radius 2 is 1.67 bits per heavy atom. The van der Waals surface area contributed by atoms with Gasteiger partial charge in [0.15, 0.2) is 5.82 Å². The molecule has 1 N–H and O–H groups in total. The molecule has 1 aliphatic carbocycles. The average Bonchev–Trinajstić information content (AvgIpc) is 2.66. The van der Waals surface area contributed by atoms with Crippen molar-refractivity contribution >= 4 is 5.82 Å². The van der Waals surface area contributed by atoms with Gasteiger partial charge in [-0.05, 0) is 30.2 Å². The first-order chi connectivity index (χ1) is 8.23. The standard InChI is InChI=1S/C14H20N4/c1-8-9(2)17-18-11(10(8)7-15)16-12-13(3,4)14(12,5)6/h12H,1-6H3,(H,16,18). The number of aromatic nitrogens is 2. The third-order valence-corrected chi connectivity index (χ3v) is 4.87. The van der Waals surface area contributed by atoms with Gasteiger partial charge in [0.1, 0.15) is 11.6 Å². The fourth-order valence-corrected chi connectivity index (χ4v) is 2.54. The molecule has 0 bridgehead atoms. The van der Waals surface area contributed by atoms with Gasteiger partial charge in [-0.15, -0.1) is 5.10 Å². The van der Waals surface area contributed by atoms with Crippen LogP contribution >= 0.6 is 0 Å². The molecule has 4 heteroatoms. The highest BCUT2D eigenvalue weighted by atomic mass is 15.2. The monoisotopic (exact) mass is 244 g/mol. The Balaban J connectivity index is 2.33. The van der Waals surface area contributed by atoms with Gasteiger partial charge < -0.3 is 5.32 Å². The molecule has 1 aliphatic rings. The van der Waals surface area contributed by atoms with E-state index < -0.39 is 0 Å². The molecule has 0 saturated heterocycles. The molecule has 96 valence electrons. The van der Waals surface area contributed by atoms with Crippen LogP contribution in [0, 0.1) is 36.0 Å². The fourth-order valence-electron chi connectivity index (χ4n) is 2.54. The molecule has 18 heavy (non-hydrogen) atoms. The highest BCUT2D eigenvalue weighted by Crippen LogP contribution is 2.63. The van der Waals surface area contributed by atoms with Gasteiger partial charge in [0.05, 0.1) is 5.69 Å². The SMILES string of the molecule is Cc1nnc(NC2C(C)(C)C2(C)C)c(C#N)c1C. The third kappa shape index (κ3) is 1.58. The Kier molecular flexibility index (Phi) is 2.62. The topological polar surface area (TPSA) is 61.6 Å². The van der Waals surface area contributed by atoms with Gasteiger partial charge in [0.2, 0.25) is 0 Å². The van der Waals surface area contributed by atoms with Crippen molar-refractivity contribution in [1.82, 2.24) is 10.2 Å². The molecular formula is C14H20N4. The first-order valence-corrected chi connectivity index (χ1v) is 6.24. The number of hydrogen-bond donors (Lipinski definition) is 1. The van der Waals surface area contributed by atoms with Crippen molar-refractivity contribution in [2.45, 2.75) is 47.6 Å². The largest absolute Gasteiger partial charge is 0.364 e. The molecule has 1 aromatic heterocycles. The molecule has 0 amide bonds. The molecule has 0 spiro atoms. The number of aryl methyl sites for hydroxylation is 1. The summed E-state index contributed by atoms with van der Waals surface area (Å²) >= 11 is 0. The number of rotatable bonds is 2. The Morgan fingerprint density at radius 1 is 1.11 bits per heavy atom. The molecule has 2 rings (SSSR count). The number of nitrogens with one attached hydrogen (secondary N) is 1. The molecule has 0 aromatic carbocycles. The van der Waals surface area contributed by atoms with Crippen molar-refractivity contribution in [3.63, 3.8) is 0 Å². The zero-order chi connectivity index (χ0) is 13.7. The number of nitriles is 1. The van der Waals surface area contributed by atoms with E-state index in [9.17, 15) is 5.26 Å². The zero-order valence-electron chi connectivity index (χ0n) is 11.9. The van der Waals surface area contributed by atoms with Gasteiger partial charge in [0, 0.05) is 6.04 Å². The fraction of sp³-hybridized carbons (Fsp3) is 0.643. The number of hydrogen-bond acceptors (Lipinski definition) is 4. The number of anilines is 1. The van der Waals surface area contributed by atoms with Crippen LogP contribution in [0.3, 0.4) is 0 Å². The molecule has 0 aliphatic heterocycles. The average molecular weight is 244 g/mol. The molecule has 0 radical (unpaired) electrons. The summed E-state index contributed by atoms with van der Waals surface area (Å²) in [6.45, 7) is 12.7.